The minimum absolute atomic E-state index is 0.676. The van der Waals surface area contributed by atoms with Gasteiger partial charge in [-0.15, -0.1) is 0 Å². The van der Waals surface area contributed by atoms with E-state index in [4.69, 9.17) is 14.2 Å². The second-order valence-electron chi connectivity index (χ2n) is 12.8. The van der Waals surface area contributed by atoms with Gasteiger partial charge >= 0.3 is 0 Å². The standard InChI is InChI=1S/C40H20N3O4P/c44-48-38-25-17-19-30-34(38)42(24-13-6-7-14-27(24)45-30)26-18-20-31-35(39(26)48)43-33-28(46-31)15-8-16-29(33)47-37-23-12-5-4-11-22(23)32(40(48)36(37)43)41(25)21-9-2-1-3-10-21/h1-20H. The first kappa shape index (κ1) is 24.1. The SMILES string of the molecule is O=P12c3c4ccc5c3N(c3ccccc3O5)c3ccc5c(c31)N1c3c(cccc3Oc3c1c2c(c1ccccc31)N4c1ccccc1)O5. The summed E-state index contributed by atoms with van der Waals surface area (Å²) >= 11 is 0. The topological polar surface area (TPSA) is 54.5 Å². The molecule has 13 rings (SSSR count). The summed E-state index contributed by atoms with van der Waals surface area (Å²) in [5.74, 6) is 4.23. The Morgan fingerprint density at radius 3 is 1.81 bits per heavy atom. The number of rotatable bonds is 1. The molecule has 1 atom stereocenters. The predicted octanol–water partition coefficient (Wildman–Crippen LogP) is 10.1. The Hall–Kier alpha value is -6.17. The van der Waals surface area contributed by atoms with Gasteiger partial charge in [0, 0.05) is 16.5 Å². The molecule has 7 aromatic rings. The maximum Gasteiger partial charge on any atom is 0.183 e. The molecule has 0 amide bonds. The van der Waals surface area contributed by atoms with E-state index >= 15 is 4.57 Å². The third kappa shape index (κ3) is 2.41. The molecule has 0 bridgehead atoms. The normalized spacial score (nSPS) is 18.1. The van der Waals surface area contributed by atoms with Crippen LogP contribution in [-0.4, -0.2) is 0 Å². The van der Waals surface area contributed by atoms with Gasteiger partial charge in [0.2, 0.25) is 0 Å². The number of fused-ring (bicyclic) bond motifs is 6. The summed E-state index contributed by atoms with van der Waals surface area (Å²) in [6.07, 6.45) is 0. The van der Waals surface area contributed by atoms with Crippen LogP contribution in [-0.2, 0) is 4.57 Å². The zero-order valence-corrected chi connectivity index (χ0v) is 25.9. The molecular formula is C40H20N3O4P. The number of para-hydroxylation sites is 4. The van der Waals surface area contributed by atoms with Crippen molar-refractivity contribution in [1.82, 2.24) is 0 Å². The van der Waals surface area contributed by atoms with Crippen LogP contribution in [0.2, 0.25) is 0 Å². The van der Waals surface area contributed by atoms with E-state index in [0.717, 1.165) is 83.6 Å². The molecule has 7 aromatic carbocycles. The molecule has 7 nitrogen and oxygen atoms in total. The fourth-order valence-corrected chi connectivity index (χ4v) is 12.5. The van der Waals surface area contributed by atoms with E-state index in [0.29, 0.717) is 28.7 Å². The summed E-state index contributed by atoms with van der Waals surface area (Å²) in [7, 11) is -3.62. The van der Waals surface area contributed by atoms with Gasteiger partial charge in [-0.3, -0.25) is 4.90 Å². The van der Waals surface area contributed by atoms with Crippen molar-refractivity contribution in [1.29, 1.82) is 0 Å². The molecule has 6 aliphatic rings. The van der Waals surface area contributed by atoms with E-state index < -0.39 is 7.14 Å². The largest absolute Gasteiger partial charge is 0.453 e. The lowest BCUT2D eigenvalue weighted by molar-refractivity contribution is 0.449. The van der Waals surface area contributed by atoms with Gasteiger partial charge < -0.3 is 28.6 Å². The van der Waals surface area contributed by atoms with Gasteiger partial charge in [0.15, 0.2) is 41.6 Å². The fraction of sp³-hybridized carbons (Fsp3) is 0. The third-order valence-electron chi connectivity index (χ3n) is 10.6. The summed E-state index contributed by atoms with van der Waals surface area (Å²) in [5.41, 5.74) is 7.82. The molecular weight excluding hydrogens is 617 g/mol. The molecule has 224 valence electrons. The van der Waals surface area contributed by atoms with E-state index in [2.05, 4.69) is 75.4 Å². The highest BCUT2D eigenvalue weighted by atomic mass is 31.2. The van der Waals surface area contributed by atoms with Crippen LogP contribution in [0.1, 0.15) is 0 Å². The van der Waals surface area contributed by atoms with Gasteiger partial charge in [-0.25, -0.2) is 0 Å². The smallest absolute Gasteiger partial charge is 0.183 e. The van der Waals surface area contributed by atoms with Gasteiger partial charge in [0.1, 0.15) is 22.7 Å². The lowest BCUT2D eigenvalue weighted by Gasteiger charge is -2.53. The average Bonchev–Trinajstić information content (AvgIpc) is 3.13. The van der Waals surface area contributed by atoms with Crippen LogP contribution in [0.15, 0.2) is 121 Å². The Morgan fingerprint density at radius 1 is 0.396 bits per heavy atom. The number of ether oxygens (including phenoxy) is 3. The first-order valence-electron chi connectivity index (χ1n) is 16.0. The Balaban J connectivity index is 1.31. The van der Waals surface area contributed by atoms with Crippen LogP contribution in [0.25, 0.3) is 10.8 Å². The van der Waals surface area contributed by atoms with Crippen molar-refractivity contribution in [3.63, 3.8) is 0 Å². The van der Waals surface area contributed by atoms with Crippen molar-refractivity contribution >= 4 is 85.0 Å². The quantitative estimate of drug-likeness (QED) is 0.166. The van der Waals surface area contributed by atoms with Crippen LogP contribution in [0.5, 0.6) is 34.5 Å². The molecule has 0 spiro atoms. The molecule has 0 fully saturated rings. The Morgan fingerprint density at radius 2 is 1.00 bits per heavy atom. The van der Waals surface area contributed by atoms with Crippen molar-refractivity contribution < 1.29 is 18.8 Å². The van der Waals surface area contributed by atoms with Crippen LogP contribution in [0.3, 0.4) is 0 Å². The number of anilines is 9. The molecule has 0 radical (unpaired) electrons. The molecule has 8 heteroatoms. The van der Waals surface area contributed by atoms with Crippen molar-refractivity contribution in [3.8, 4) is 34.5 Å². The monoisotopic (exact) mass is 637 g/mol. The highest BCUT2D eigenvalue weighted by molar-refractivity contribution is 7.87. The summed E-state index contributed by atoms with van der Waals surface area (Å²) in [4.78, 5) is 6.82. The second-order valence-corrected chi connectivity index (χ2v) is 15.4. The van der Waals surface area contributed by atoms with E-state index in [9.17, 15) is 0 Å². The third-order valence-corrected chi connectivity index (χ3v) is 13.7. The number of nitrogens with zero attached hydrogens (tertiary/aromatic N) is 3. The molecule has 0 N–H and O–H groups in total. The van der Waals surface area contributed by atoms with Crippen molar-refractivity contribution in [2.24, 2.45) is 0 Å². The van der Waals surface area contributed by atoms with Gasteiger partial charge in [0.25, 0.3) is 0 Å². The number of hydrogen-bond donors (Lipinski definition) is 0. The highest BCUT2D eigenvalue weighted by Gasteiger charge is 2.59. The minimum Gasteiger partial charge on any atom is -0.453 e. The summed E-state index contributed by atoms with van der Waals surface area (Å²) < 4.78 is 37.2. The zero-order chi connectivity index (χ0) is 31.0. The van der Waals surface area contributed by atoms with Gasteiger partial charge in [0.05, 0.1) is 38.7 Å². The van der Waals surface area contributed by atoms with Gasteiger partial charge in [-0.2, -0.15) is 0 Å². The number of hydrogen-bond acceptors (Lipinski definition) is 7. The van der Waals surface area contributed by atoms with Crippen LogP contribution in [0, 0.1) is 0 Å². The first-order valence-corrected chi connectivity index (χ1v) is 17.7. The van der Waals surface area contributed by atoms with Crippen molar-refractivity contribution in [3.05, 3.63) is 121 Å². The summed E-state index contributed by atoms with van der Waals surface area (Å²) in [5, 5.41) is 4.28. The molecule has 6 heterocycles. The molecule has 0 aromatic heterocycles. The molecule has 0 saturated heterocycles. The Labute approximate surface area is 273 Å². The lowest BCUT2D eigenvalue weighted by Crippen LogP contribution is -2.49. The fourth-order valence-electron chi connectivity index (χ4n) is 8.85. The van der Waals surface area contributed by atoms with E-state index in [-0.39, 0.29) is 0 Å². The zero-order valence-electron chi connectivity index (χ0n) is 25.0. The molecule has 1 unspecified atom stereocenters. The van der Waals surface area contributed by atoms with Crippen LogP contribution < -0.4 is 44.8 Å². The average molecular weight is 638 g/mol. The molecule has 48 heavy (non-hydrogen) atoms. The lowest BCUT2D eigenvalue weighted by atomic mass is 9.98. The maximum atomic E-state index is 17.0. The predicted molar refractivity (Wildman–Crippen MR) is 188 cm³/mol. The highest BCUT2D eigenvalue weighted by Crippen LogP contribution is 2.74. The first-order chi connectivity index (χ1) is 23.7. The maximum absolute atomic E-state index is 17.0. The van der Waals surface area contributed by atoms with E-state index in [1.165, 1.54) is 0 Å². The Bertz CT molecular complexity index is 2770. The molecule has 0 saturated carbocycles. The van der Waals surface area contributed by atoms with Gasteiger partial charge in [-0.1, -0.05) is 60.7 Å². The van der Waals surface area contributed by atoms with Crippen LogP contribution in [0.4, 0.5) is 51.2 Å². The number of benzene rings is 7. The molecule has 0 aliphatic carbocycles. The second kappa shape index (κ2) is 7.68. The van der Waals surface area contributed by atoms with E-state index in [1.807, 2.05) is 60.7 Å². The summed E-state index contributed by atoms with van der Waals surface area (Å²) in [6.45, 7) is 0. The van der Waals surface area contributed by atoms with E-state index in [1.54, 1.807) is 0 Å². The molecule has 6 aliphatic heterocycles. The van der Waals surface area contributed by atoms with Crippen LogP contribution >= 0.6 is 7.14 Å². The Kier molecular flexibility index (Phi) is 3.85. The summed E-state index contributed by atoms with van der Waals surface area (Å²) in [6, 6.07) is 40.9. The van der Waals surface area contributed by atoms with Gasteiger partial charge in [-0.05, 0) is 60.7 Å². The minimum atomic E-state index is -3.62. The van der Waals surface area contributed by atoms with Crippen molar-refractivity contribution in [2.45, 2.75) is 0 Å². The van der Waals surface area contributed by atoms with Crippen molar-refractivity contribution in [2.75, 3.05) is 14.7 Å².